The molecule has 1 N–H and O–H groups in total. The molecule has 7 heteroatoms. The van der Waals surface area contributed by atoms with Gasteiger partial charge in [-0.05, 0) is 30.4 Å². The molecule has 1 aliphatic carbocycles. The molecule has 1 amide bonds. The lowest BCUT2D eigenvalue weighted by atomic mass is 9.88. The van der Waals surface area contributed by atoms with E-state index in [1.54, 1.807) is 0 Å². The monoisotopic (exact) mass is 314 g/mol. The van der Waals surface area contributed by atoms with Gasteiger partial charge in [-0.3, -0.25) is 4.79 Å². The van der Waals surface area contributed by atoms with Gasteiger partial charge in [0, 0.05) is 0 Å². The molecule has 0 fully saturated rings. The minimum absolute atomic E-state index is 0.0165. The van der Waals surface area contributed by atoms with Gasteiger partial charge in [-0.15, -0.1) is 5.10 Å². The Balaban J connectivity index is 1.64. The highest BCUT2D eigenvalue weighted by atomic mass is 16.5. The van der Waals surface area contributed by atoms with E-state index in [2.05, 4.69) is 32.5 Å². The molecular formula is C16H18N4O3. The van der Waals surface area contributed by atoms with Crippen LogP contribution in [0.3, 0.4) is 0 Å². The molecule has 0 radical (unpaired) electrons. The van der Waals surface area contributed by atoms with Gasteiger partial charge in [0.2, 0.25) is 5.91 Å². The molecule has 1 aromatic carbocycles. The number of rotatable bonds is 4. The maximum absolute atomic E-state index is 12.2. The average molecular weight is 314 g/mol. The van der Waals surface area contributed by atoms with E-state index < -0.39 is 5.97 Å². The van der Waals surface area contributed by atoms with Crippen LogP contribution in [0.1, 0.15) is 40.5 Å². The first-order valence-corrected chi connectivity index (χ1v) is 7.53. The van der Waals surface area contributed by atoms with Crippen LogP contribution >= 0.6 is 0 Å². The molecule has 7 nitrogen and oxygen atoms in total. The van der Waals surface area contributed by atoms with Crippen molar-refractivity contribution < 1.29 is 14.3 Å². The van der Waals surface area contributed by atoms with Crippen LogP contribution in [0.5, 0.6) is 0 Å². The first-order chi connectivity index (χ1) is 11.2. The summed E-state index contributed by atoms with van der Waals surface area (Å²) in [6.45, 7) is 0.0165. The van der Waals surface area contributed by atoms with Crippen molar-refractivity contribution in [1.82, 2.24) is 20.3 Å². The molecular weight excluding hydrogens is 296 g/mol. The van der Waals surface area contributed by atoms with Crippen molar-refractivity contribution in [1.29, 1.82) is 0 Å². The smallest absolute Gasteiger partial charge is 0.360 e. The van der Waals surface area contributed by atoms with Gasteiger partial charge in [0.05, 0.1) is 19.3 Å². The average Bonchev–Trinajstić information content (AvgIpc) is 3.03. The predicted molar refractivity (Wildman–Crippen MR) is 81.6 cm³/mol. The lowest BCUT2D eigenvalue weighted by Gasteiger charge is -2.26. The van der Waals surface area contributed by atoms with E-state index in [4.69, 9.17) is 0 Å². The zero-order valence-corrected chi connectivity index (χ0v) is 12.9. The Morgan fingerprint density at radius 3 is 3.04 bits per heavy atom. The van der Waals surface area contributed by atoms with Gasteiger partial charge >= 0.3 is 5.97 Å². The number of aromatic nitrogens is 3. The number of nitrogens with zero attached hydrogens (tertiary/aromatic N) is 3. The van der Waals surface area contributed by atoms with Gasteiger partial charge in [-0.25, -0.2) is 9.48 Å². The fourth-order valence-corrected chi connectivity index (χ4v) is 2.86. The highest BCUT2D eigenvalue weighted by molar-refractivity contribution is 5.86. The summed E-state index contributed by atoms with van der Waals surface area (Å²) in [5, 5.41) is 10.5. The highest BCUT2D eigenvalue weighted by Gasteiger charge is 2.21. The molecule has 120 valence electrons. The second kappa shape index (κ2) is 6.60. The Hall–Kier alpha value is -2.70. The molecule has 1 heterocycles. The summed E-state index contributed by atoms with van der Waals surface area (Å²) in [5.41, 5.74) is 2.56. The van der Waals surface area contributed by atoms with E-state index in [9.17, 15) is 9.59 Å². The van der Waals surface area contributed by atoms with E-state index in [0.29, 0.717) is 0 Å². The molecule has 0 saturated heterocycles. The third-order valence-electron chi connectivity index (χ3n) is 3.94. The molecule has 23 heavy (non-hydrogen) atoms. The number of nitrogens with one attached hydrogen (secondary N) is 1. The second-order valence-electron chi connectivity index (χ2n) is 5.50. The van der Waals surface area contributed by atoms with Crippen LogP contribution in [0.25, 0.3) is 0 Å². The minimum atomic E-state index is -0.571. The van der Waals surface area contributed by atoms with Gasteiger partial charge in [0.25, 0.3) is 0 Å². The molecule has 0 spiro atoms. The summed E-state index contributed by atoms with van der Waals surface area (Å²) in [5.74, 6) is -0.731. The zero-order chi connectivity index (χ0) is 16.2. The van der Waals surface area contributed by atoms with Crippen LogP contribution in [0.15, 0.2) is 30.5 Å². The van der Waals surface area contributed by atoms with Gasteiger partial charge < -0.3 is 10.1 Å². The van der Waals surface area contributed by atoms with Crippen molar-refractivity contribution in [3.05, 3.63) is 47.3 Å². The topological polar surface area (TPSA) is 86.1 Å². The molecule has 1 aromatic heterocycles. The van der Waals surface area contributed by atoms with E-state index in [0.717, 1.165) is 19.3 Å². The maximum Gasteiger partial charge on any atom is 0.360 e. The van der Waals surface area contributed by atoms with Gasteiger partial charge in [-0.1, -0.05) is 29.5 Å². The van der Waals surface area contributed by atoms with Crippen LogP contribution in [-0.4, -0.2) is 34.0 Å². The first-order valence-electron chi connectivity index (χ1n) is 7.53. The number of fused-ring (bicyclic) bond motifs is 1. The van der Waals surface area contributed by atoms with Gasteiger partial charge in [0.1, 0.15) is 6.54 Å². The molecule has 1 atom stereocenters. The number of esters is 1. The molecule has 0 saturated carbocycles. The largest absolute Gasteiger partial charge is 0.464 e. The summed E-state index contributed by atoms with van der Waals surface area (Å²) in [4.78, 5) is 23.6. The summed E-state index contributed by atoms with van der Waals surface area (Å²) >= 11 is 0. The fraction of sp³-hybridized carbons (Fsp3) is 0.375. The lowest BCUT2D eigenvalue weighted by Crippen LogP contribution is -2.33. The fourth-order valence-electron chi connectivity index (χ4n) is 2.86. The summed E-state index contributed by atoms with van der Waals surface area (Å²) < 4.78 is 5.89. The quantitative estimate of drug-likeness (QED) is 0.859. The number of methoxy groups -OCH3 is 1. The predicted octanol–water partition coefficient (Wildman–Crippen LogP) is 1.26. The normalized spacial score (nSPS) is 16.5. The van der Waals surface area contributed by atoms with Crippen molar-refractivity contribution in [2.45, 2.75) is 31.8 Å². The Morgan fingerprint density at radius 2 is 2.22 bits per heavy atom. The number of amides is 1. The van der Waals surface area contributed by atoms with Gasteiger partial charge in [-0.2, -0.15) is 0 Å². The minimum Gasteiger partial charge on any atom is -0.464 e. The molecule has 3 rings (SSSR count). The van der Waals surface area contributed by atoms with Crippen LogP contribution in [0, 0.1) is 0 Å². The molecule has 2 aromatic rings. The first kappa shape index (κ1) is 15.2. The van der Waals surface area contributed by atoms with E-state index in [-0.39, 0.29) is 24.2 Å². The molecule has 1 unspecified atom stereocenters. The van der Waals surface area contributed by atoms with Crippen molar-refractivity contribution in [3.63, 3.8) is 0 Å². The third kappa shape index (κ3) is 3.39. The second-order valence-corrected chi connectivity index (χ2v) is 5.50. The SMILES string of the molecule is COC(=O)c1cn(CC(=O)NC2CCCc3ccccc32)nn1. The summed E-state index contributed by atoms with van der Waals surface area (Å²) in [6.07, 6.45) is 4.43. The van der Waals surface area contributed by atoms with Crippen molar-refractivity contribution in [3.8, 4) is 0 Å². The number of benzene rings is 1. The summed E-state index contributed by atoms with van der Waals surface area (Å²) in [7, 11) is 1.27. The van der Waals surface area contributed by atoms with E-state index in [1.807, 2.05) is 12.1 Å². The van der Waals surface area contributed by atoms with E-state index in [1.165, 1.54) is 29.1 Å². The number of ether oxygens (including phenoxy) is 1. The number of hydrogen-bond acceptors (Lipinski definition) is 5. The number of carbonyl (C=O) groups excluding carboxylic acids is 2. The maximum atomic E-state index is 12.2. The van der Waals surface area contributed by atoms with Gasteiger partial charge in [0.15, 0.2) is 5.69 Å². The Labute approximate surface area is 133 Å². The Bertz CT molecular complexity index is 726. The van der Waals surface area contributed by atoms with Crippen LogP contribution < -0.4 is 5.32 Å². The number of aryl methyl sites for hydroxylation is 1. The van der Waals surface area contributed by atoms with Crippen LogP contribution in [0.4, 0.5) is 0 Å². The van der Waals surface area contributed by atoms with E-state index >= 15 is 0 Å². The third-order valence-corrected chi connectivity index (χ3v) is 3.94. The van der Waals surface area contributed by atoms with Crippen LogP contribution in [0.2, 0.25) is 0 Å². The summed E-state index contributed by atoms with van der Waals surface area (Å²) in [6, 6.07) is 8.20. The Kier molecular flexibility index (Phi) is 4.36. The Morgan fingerprint density at radius 1 is 1.39 bits per heavy atom. The zero-order valence-electron chi connectivity index (χ0n) is 12.9. The lowest BCUT2D eigenvalue weighted by molar-refractivity contribution is -0.122. The standard InChI is InChI=1S/C16H18N4O3/c1-23-16(22)14-9-20(19-18-14)10-15(21)17-13-8-4-6-11-5-2-3-7-12(11)13/h2-3,5,7,9,13H,4,6,8,10H2,1H3,(H,17,21). The molecule has 0 bridgehead atoms. The van der Waals surface area contributed by atoms with Crippen molar-refractivity contribution in [2.24, 2.45) is 0 Å². The number of carbonyl (C=O) groups is 2. The molecule has 0 aliphatic heterocycles. The number of hydrogen-bond donors (Lipinski definition) is 1. The highest BCUT2D eigenvalue weighted by Crippen LogP contribution is 2.29. The van der Waals surface area contributed by atoms with Crippen molar-refractivity contribution in [2.75, 3.05) is 7.11 Å². The van der Waals surface area contributed by atoms with Crippen LogP contribution in [-0.2, 0) is 22.5 Å². The van der Waals surface area contributed by atoms with Crippen molar-refractivity contribution >= 4 is 11.9 Å². The molecule has 1 aliphatic rings.